The van der Waals surface area contributed by atoms with Gasteiger partial charge in [-0.15, -0.1) is 0 Å². The Balaban J connectivity index is 0.000000364. The van der Waals surface area contributed by atoms with Gasteiger partial charge in [0.2, 0.25) is 5.91 Å². The first-order valence-electron chi connectivity index (χ1n) is 4.31. The summed E-state index contributed by atoms with van der Waals surface area (Å²) in [5.41, 5.74) is 7.34. The molecule has 0 atom stereocenters. The van der Waals surface area contributed by atoms with E-state index in [0.717, 1.165) is 5.56 Å². The SMILES string of the molecule is CC(=N)c1ccc(C)cc1.CC(N)=O. The van der Waals surface area contributed by atoms with Crippen LogP contribution in [-0.2, 0) is 4.79 Å². The van der Waals surface area contributed by atoms with Crippen molar-refractivity contribution in [3.63, 3.8) is 0 Å². The van der Waals surface area contributed by atoms with Crippen molar-refractivity contribution in [2.45, 2.75) is 20.8 Å². The molecule has 0 unspecified atom stereocenters. The van der Waals surface area contributed by atoms with E-state index in [4.69, 9.17) is 5.41 Å². The molecule has 3 N–H and O–H groups in total. The second-order valence-corrected chi connectivity index (χ2v) is 3.10. The number of hydrogen-bond acceptors (Lipinski definition) is 2. The summed E-state index contributed by atoms with van der Waals surface area (Å²) in [5, 5.41) is 7.31. The van der Waals surface area contributed by atoms with Gasteiger partial charge in [0.25, 0.3) is 0 Å². The van der Waals surface area contributed by atoms with Gasteiger partial charge < -0.3 is 11.1 Å². The Morgan fingerprint density at radius 2 is 1.57 bits per heavy atom. The quantitative estimate of drug-likeness (QED) is 0.655. The van der Waals surface area contributed by atoms with Crippen LogP contribution >= 0.6 is 0 Å². The van der Waals surface area contributed by atoms with Crippen molar-refractivity contribution in [2.75, 3.05) is 0 Å². The van der Waals surface area contributed by atoms with Crippen molar-refractivity contribution in [1.29, 1.82) is 5.41 Å². The highest BCUT2D eigenvalue weighted by Crippen LogP contribution is 2.02. The molecule has 0 fully saturated rings. The smallest absolute Gasteiger partial charge is 0.214 e. The average Bonchev–Trinajstić information content (AvgIpc) is 2.03. The number of hydrogen-bond donors (Lipinski definition) is 2. The number of rotatable bonds is 1. The van der Waals surface area contributed by atoms with Crippen LogP contribution in [-0.4, -0.2) is 11.6 Å². The molecule has 76 valence electrons. The van der Waals surface area contributed by atoms with Crippen LogP contribution in [0.5, 0.6) is 0 Å². The largest absolute Gasteiger partial charge is 0.370 e. The van der Waals surface area contributed by atoms with E-state index in [1.165, 1.54) is 12.5 Å². The molecule has 0 aromatic heterocycles. The Hall–Kier alpha value is -1.64. The number of carbonyl (C=O) groups excluding carboxylic acids is 1. The van der Waals surface area contributed by atoms with Crippen LogP contribution in [0.4, 0.5) is 0 Å². The normalized spacial score (nSPS) is 8.50. The van der Waals surface area contributed by atoms with Crippen molar-refractivity contribution >= 4 is 11.6 Å². The lowest BCUT2D eigenvalue weighted by atomic mass is 10.1. The Morgan fingerprint density at radius 1 is 1.21 bits per heavy atom. The number of amides is 1. The molecule has 1 rings (SSSR count). The minimum absolute atomic E-state index is 0.333. The molecule has 0 heterocycles. The minimum Gasteiger partial charge on any atom is -0.370 e. The average molecular weight is 192 g/mol. The number of nitrogens with one attached hydrogen (secondary N) is 1. The van der Waals surface area contributed by atoms with Gasteiger partial charge in [-0.3, -0.25) is 4.79 Å². The molecule has 1 aromatic rings. The predicted molar refractivity (Wildman–Crippen MR) is 58.6 cm³/mol. The number of nitrogens with two attached hydrogens (primary N) is 1. The molecule has 0 spiro atoms. The van der Waals surface area contributed by atoms with Crippen LogP contribution in [0.3, 0.4) is 0 Å². The van der Waals surface area contributed by atoms with E-state index in [2.05, 4.69) is 5.73 Å². The Kier molecular flexibility index (Phi) is 5.22. The summed E-state index contributed by atoms with van der Waals surface area (Å²) >= 11 is 0. The molecule has 0 aliphatic heterocycles. The monoisotopic (exact) mass is 192 g/mol. The first-order chi connectivity index (χ1) is 6.43. The van der Waals surface area contributed by atoms with E-state index in [1.54, 1.807) is 6.92 Å². The number of primary amides is 1. The number of aryl methyl sites for hydroxylation is 1. The molecule has 3 heteroatoms. The molecule has 0 radical (unpaired) electrons. The fraction of sp³-hybridized carbons (Fsp3) is 0.273. The molecule has 1 amide bonds. The highest BCUT2D eigenvalue weighted by molar-refractivity contribution is 5.96. The van der Waals surface area contributed by atoms with Crippen molar-refractivity contribution < 1.29 is 4.79 Å². The van der Waals surface area contributed by atoms with E-state index >= 15 is 0 Å². The zero-order valence-corrected chi connectivity index (χ0v) is 8.79. The maximum absolute atomic E-state index is 9.22. The molecule has 0 aliphatic carbocycles. The van der Waals surface area contributed by atoms with Gasteiger partial charge in [-0.2, -0.15) is 0 Å². The first-order valence-corrected chi connectivity index (χ1v) is 4.31. The zero-order valence-electron chi connectivity index (χ0n) is 8.79. The fourth-order valence-electron chi connectivity index (χ4n) is 0.804. The highest BCUT2D eigenvalue weighted by Gasteiger charge is 1.91. The zero-order chi connectivity index (χ0) is 11.1. The van der Waals surface area contributed by atoms with Crippen LogP contribution in [0, 0.1) is 12.3 Å². The third kappa shape index (κ3) is 5.94. The second-order valence-electron chi connectivity index (χ2n) is 3.10. The van der Waals surface area contributed by atoms with Crippen molar-refractivity contribution in [2.24, 2.45) is 5.73 Å². The predicted octanol–water partition coefficient (Wildman–Crippen LogP) is 1.87. The Bertz CT molecular complexity index is 311. The molecule has 14 heavy (non-hydrogen) atoms. The second kappa shape index (κ2) is 5.91. The molecule has 0 aliphatic rings. The van der Waals surface area contributed by atoms with Crippen LogP contribution in [0.1, 0.15) is 25.0 Å². The van der Waals surface area contributed by atoms with Crippen molar-refractivity contribution in [3.05, 3.63) is 35.4 Å². The first kappa shape index (κ1) is 12.4. The van der Waals surface area contributed by atoms with E-state index in [1.807, 2.05) is 31.2 Å². The van der Waals surface area contributed by atoms with Crippen LogP contribution < -0.4 is 5.73 Å². The van der Waals surface area contributed by atoms with E-state index in [0.29, 0.717) is 5.71 Å². The van der Waals surface area contributed by atoms with E-state index < -0.39 is 0 Å². The molecule has 0 saturated heterocycles. The summed E-state index contributed by atoms with van der Waals surface area (Å²) < 4.78 is 0. The number of carbonyl (C=O) groups is 1. The topological polar surface area (TPSA) is 66.9 Å². The molecule has 0 saturated carbocycles. The molecular weight excluding hydrogens is 176 g/mol. The third-order valence-electron chi connectivity index (χ3n) is 1.48. The lowest BCUT2D eigenvalue weighted by Gasteiger charge is -1.96. The van der Waals surface area contributed by atoms with E-state index in [-0.39, 0.29) is 5.91 Å². The molecule has 1 aromatic carbocycles. The highest BCUT2D eigenvalue weighted by atomic mass is 16.1. The summed E-state index contributed by atoms with van der Waals surface area (Å²) in [5.74, 6) is -0.333. The van der Waals surface area contributed by atoms with Crippen molar-refractivity contribution in [1.82, 2.24) is 0 Å². The molecule has 3 nitrogen and oxygen atoms in total. The summed E-state index contributed by atoms with van der Waals surface area (Å²) in [6.07, 6.45) is 0. The van der Waals surface area contributed by atoms with Gasteiger partial charge in [0.05, 0.1) is 0 Å². The van der Waals surface area contributed by atoms with Crippen LogP contribution in [0.2, 0.25) is 0 Å². The Labute approximate surface area is 84.4 Å². The van der Waals surface area contributed by atoms with Gasteiger partial charge in [-0.05, 0) is 19.4 Å². The summed E-state index contributed by atoms with van der Waals surface area (Å²) in [6.45, 7) is 5.15. The van der Waals surface area contributed by atoms with E-state index in [9.17, 15) is 4.79 Å². The third-order valence-corrected chi connectivity index (χ3v) is 1.48. The van der Waals surface area contributed by atoms with Gasteiger partial charge in [0.1, 0.15) is 0 Å². The van der Waals surface area contributed by atoms with Crippen LogP contribution in [0.15, 0.2) is 24.3 Å². The standard InChI is InChI=1S/C9H11N.C2H5NO/c1-7-3-5-9(6-4-7)8(2)10;1-2(3)4/h3-6,10H,1-2H3;1H3,(H2,3,4). The van der Waals surface area contributed by atoms with Gasteiger partial charge >= 0.3 is 0 Å². The van der Waals surface area contributed by atoms with Gasteiger partial charge in [-0.25, -0.2) is 0 Å². The summed E-state index contributed by atoms with van der Waals surface area (Å²) in [7, 11) is 0. The number of benzene rings is 1. The maximum atomic E-state index is 9.22. The van der Waals surface area contributed by atoms with Gasteiger partial charge in [-0.1, -0.05) is 29.8 Å². The minimum atomic E-state index is -0.333. The van der Waals surface area contributed by atoms with Crippen molar-refractivity contribution in [3.8, 4) is 0 Å². The lowest BCUT2D eigenvalue weighted by Crippen LogP contribution is -2.01. The van der Waals surface area contributed by atoms with Gasteiger partial charge in [0, 0.05) is 12.6 Å². The maximum Gasteiger partial charge on any atom is 0.214 e. The summed E-state index contributed by atoms with van der Waals surface area (Å²) in [4.78, 5) is 9.22. The lowest BCUT2D eigenvalue weighted by molar-refractivity contribution is -0.115. The van der Waals surface area contributed by atoms with Crippen LogP contribution in [0.25, 0.3) is 0 Å². The molecule has 0 bridgehead atoms. The fourth-order valence-corrected chi connectivity index (χ4v) is 0.804. The molecular formula is C11H16N2O. The summed E-state index contributed by atoms with van der Waals surface area (Å²) in [6, 6.07) is 7.98. The van der Waals surface area contributed by atoms with Gasteiger partial charge in [0.15, 0.2) is 0 Å². The Morgan fingerprint density at radius 3 is 1.86 bits per heavy atom.